The van der Waals surface area contributed by atoms with Crippen LogP contribution in [0.25, 0.3) is 10.2 Å². The lowest BCUT2D eigenvalue weighted by molar-refractivity contribution is 0.000269. The van der Waals surface area contributed by atoms with Crippen molar-refractivity contribution in [2.24, 2.45) is 5.92 Å². The van der Waals surface area contributed by atoms with Gasteiger partial charge in [0.15, 0.2) is 0 Å². The Morgan fingerprint density at radius 1 is 1.60 bits per heavy atom. The first-order valence-electron chi connectivity index (χ1n) is 6.69. The zero-order valence-electron chi connectivity index (χ0n) is 11.5. The predicted molar refractivity (Wildman–Crippen MR) is 86.9 cm³/mol. The number of hydrogen-bond donors (Lipinski definition) is 1. The fourth-order valence-corrected chi connectivity index (χ4v) is 4.06. The van der Waals surface area contributed by atoms with Gasteiger partial charge in [-0.2, -0.15) is 9.99 Å². The number of aromatic nitrogens is 1. The smallest absolute Gasteiger partial charge is 0.308 e. The first-order chi connectivity index (χ1) is 9.50. The molecule has 0 saturated carbocycles. The van der Waals surface area contributed by atoms with Crippen LogP contribution < -0.4 is 10.3 Å². The molecule has 108 valence electrons. The maximum atomic E-state index is 13.1. The lowest BCUT2D eigenvalue weighted by atomic mass is 10.1. The van der Waals surface area contributed by atoms with E-state index in [-0.39, 0.29) is 0 Å². The molecule has 2 unspecified atom stereocenters. The van der Waals surface area contributed by atoms with Gasteiger partial charge in [0.05, 0.1) is 10.2 Å². The molecule has 1 aromatic heterocycles. The number of thiazole rings is 1. The van der Waals surface area contributed by atoms with Gasteiger partial charge >= 0.3 is 5.13 Å². The second-order valence-corrected chi connectivity index (χ2v) is 7.20. The fraction of sp³-hybridized carbons (Fsp3) is 0.462. The minimum absolute atomic E-state index is 0.340. The van der Waals surface area contributed by atoms with Gasteiger partial charge in [0.25, 0.3) is 0 Å². The monoisotopic (exact) mass is 356 g/mol. The Bertz CT molecular complexity index is 634. The summed E-state index contributed by atoms with van der Waals surface area (Å²) in [5.74, 6) is 0.340. The van der Waals surface area contributed by atoms with Crippen molar-refractivity contribution < 1.29 is 0 Å². The highest BCUT2D eigenvalue weighted by molar-refractivity contribution is 9.10. The van der Waals surface area contributed by atoms with Gasteiger partial charge in [-0.1, -0.05) is 46.6 Å². The molecule has 20 heavy (non-hydrogen) atoms. The molecule has 7 heteroatoms. The van der Waals surface area contributed by atoms with Gasteiger partial charge < -0.3 is 5.21 Å². The summed E-state index contributed by atoms with van der Waals surface area (Å²) in [6.07, 6.45) is 0. The molecule has 1 aliphatic rings. The van der Waals surface area contributed by atoms with Crippen molar-refractivity contribution in [2.45, 2.75) is 13.8 Å². The quantitative estimate of drug-likeness (QED) is 0.662. The predicted octanol–water partition coefficient (Wildman–Crippen LogP) is 3.26. The van der Waals surface area contributed by atoms with Crippen LogP contribution in [0.15, 0.2) is 22.7 Å². The van der Waals surface area contributed by atoms with Gasteiger partial charge in [0.2, 0.25) is 0 Å². The summed E-state index contributed by atoms with van der Waals surface area (Å²) >= 11 is 4.91. The van der Waals surface area contributed by atoms with Crippen LogP contribution in [0.1, 0.15) is 13.8 Å². The van der Waals surface area contributed by atoms with Gasteiger partial charge in [-0.3, -0.25) is 0 Å². The zero-order valence-corrected chi connectivity index (χ0v) is 13.9. The molecule has 3 rings (SSSR count). The summed E-state index contributed by atoms with van der Waals surface area (Å²) < 4.78 is 1.48. The second-order valence-electron chi connectivity index (χ2n) is 5.27. The van der Waals surface area contributed by atoms with E-state index in [0.29, 0.717) is 17.6 Å². The van der Waals surface area contributed by atoms with Crippen LogP contribution in [0.5, 0.6) is 0 Å². The largest absolute Gasteiger partial charge is 0.604 e. The maximum Gasteiger partial charge on any atom is 0.308 e. The highest BCUT2D eigenvalue weighted by Gasteiger charge is 2.35. The Kier molecular flexibility index (Phi) is 3.83. The van der Waals surface area contributed by atoms with Crippen LogP contribution in [0.4, 0.5) is 5.13 Å². The molecule has 0 radical (unpaired) electrons. The topological polar surface area (TPSA) is 51.2 Å². The summed E-state index contributed by atoms with van der Waals surface area (Å²) in [5, 5.41) is 15.6. The highest BCUT2D eigenvalue weighted by atomic mass is 79.9. The highest BCUT2D eigenvalue weighted by Crippen LogP contribution is 2.34. The lowest BCUT2D eigenvalue weighted by Crippen LogP contribution is -2.68. The Hall–Kier alpha value is -0.570. The van der Waals surface area contributed by atoms with Crippen LogP contribution >= 0.6 is 27.3 Å². The second kappa shape index (κ2) is 5.32. The molecular formula is C13H17BrN4OS. The lowest BCUT2D eigenvalue weighted by Gasteiger charge is -2.47. The number of hydrogen-bond acceptors (Lipinski definition) is 5. The number of quaternary nitrogens is 1. The summed E-state index contributed by atoms with van der Waals surface area (Å²) in [7, 11) is 0. The van der Waals surface area contributed by atoms with Crippen molar-refractivity contribution in [3.05, 3.63) is 27.9 Å². The molecule has 2 aromatic rings. The van der Waals surface area contributed by atoms with Gasteiger partial charge in [-0.25, -0.2) is 4.76 Å². The normalized spacial score (nSPS) is 28.1. The van der Waals surface area contributed by atoms with E-state index in [1.165, 1.54) is 11.3 Å². The van der Waals surface area contributed by atoms with Crippen molar-refractivity contribution in [3.63, 3.8) is 0 Å². The third-order valence-electron chi connectivity index (χ3n) is 3.43. The van der Waals surface area contributed by atoms with E-state index in [0.717, 1.165) is 27.8 Å². The van der Waals surface area contributed by atoms with E-state index in [2.05, 4.69) is 33.4 Å². The molecular weight excluding hydrogens is 340 g/mol. The number of fused-ring (bicyclic) bond motifs is 1. The summed E-state index contributed by atoms with van der Waals surface area (Å²) in [6, 6.07) is 5.90. The third kappa shape index (κ3) is 2.61. The average molecular weight is 357 g/mol. The Labute approximate surface area is 130 Å². The summed E-state index contributed by atoms with van der Waals surface area (Å²) in [5.41, 5.74) is 3.93. The SMILES string of the molecule is CCN1CC(C)C[N+]([O-])(c2nc3ccc(Br)cc3s2)N1. The van der Waals surface area contributed by atoms with Crippen LogP contribution in [0.3, 0.4) is 0 Å². The molecule has 1 fully saturated rings. The molecule has 0 aliphatic carbocycles. The van der Waals surface area contributed by atoms with Crippen LogP contribution in [0.2, 0.25) is 0 Å². The van der Waals surface area contributed by atoms with E-state index >= 15 is 0 Å². The Balaban J connectivity index is 1.99. The van der Waals surface area contributed by atoms with Crippen molar-refractivity contribution in [2.75, 3.05) is 19.6 Å². The van der Waals surface area contributed by atoms with Gasteiger partial charge in [0.1, 0.15) is 6.54 Å². The van der Waals surface area contributed by atoms with E-state index < -0.39 is 4.76 Å². The van der Waals surface area contributed by atoms with E-state index in [4.69, 9.17) is 0 Å². The first-order valence-corrected chi connectivity index (χ1v) is 8.30. The van der Waals surface area contributed by atoms with Crippen LogP contribution in [-0.2, 0) is 0 Å². The van der Waals surface area contributed by atoms with Crippen molar-refractivity contribution >= 4 is 42.6 Å². The number of hydroxylamine groups is 1. The van der Waals surface area contributed by atoms with Crippen LogP contribution in [-0.4, -0.2) is 29.6 Å². The number of nitrogens with zero attached hydrogens (tertiary/aromatic N) is 3. The molecule has 0 amide bonds. The molecule has 2 heterocycles. The molecule has 0 spiro atoms. The zero-order chi connectivity index (χ0) is 14.3. The van der Waals surface area contributed by atoms with Crippen molar-refractivity contribution in [1.82, 2.24) is 20.3 Å². The number of hydrazine groups is 1. The number of halogens is 1. The third-order valence-corrected chi connectivity index (χ3v) is 5.04. The summed E-state index contributed by atoms with van der Waals surface area (Å²) in [4.78, 5) is 4.52. The molecule has 1 aromatic carbocycles. The molecule has 1 saturated heterocycles. The molecule has 1 aliphatic heterocycles. The van der Waals surface area contributed by atoms with E-state index in [9.17, 15) is 5.21 Å². The number of nitrogens with one attached hydrogen (secondary N) is 1. The van der Waals surface area contributed by atoms with Gasteiger partial charge in [-0.15, -0.1) is 0 Å². The Morgan fingerprint density at radius 3 is 3.15 bits per heavy atom. The minimum Gasteiger partial charge on any atom is -0.604 e. The first kappa shape index (κ1) is 14.4. The van der Waals surface area contributed by atoms with Gasteiger partial charge in [0, 0.05) is 23.5 Å². The van der Waals surface area contributed by atoms with Crippen molar-refractivity contribution in [3.8, 4) is 0 Å². The minimum atomic E-state index is -0.564. The van der Waals surface area contributed by atoms with Crippen molar-refractivity contribution in [1.29, 1.82) is 0 Å². The summed E-state index contributed by atoms with van der Waals surface area (Å²) in [6.45, 7) is 6.37. The number of rotatable bonds is 2. The van der Waals surface area contributed by atoms with E-state index in [1.54, 1.807) is 0 Å². The molecule has 2 atom stereocenters. The maximum absolute atomic E-state index is 13.1. The molecule has 1 N–H and O–H groups in total. The number of benzene rings is 1. The van der Waals surface area contributed by atoms with Crippen LogP contribution in [0, 0.1) is 11.1 Å². The fourth-order valence-electron chi connectivity index (χ4n) is 2.54. The van der Waals surface area contributed by atoms with E-state index in [1.807, 2.05) is 30.1 Å². The molecule has 0 bridgehead atoms. The Morgan fingerprint density at radius 2 is 2.40 bits per heavy atom. The standard InChI is InChI=1S/C13H17BrN4OS/c1-3-17-7-9(2)8-18(19,16-17)13-15-11-5-4-10(14)6-12(11)20-13/h4-6,9,16H,3,7-8H2,1-2H3. The average Bonchev–Trinajstić information content (AvgIpc) is 2.81. The van der Waals surface area contributed by atoms with Gasteiger partial charge in [-0.05, 0) is 18.2 Å². The molecule has 5 nitrogen and oxygen atoms in total.